The highest BCUT2D eigenvalue weighted by molar-refractivity contribution is 5.95. The molecule has 0 saturated carbocycles. The maximum atomic E-state index is 11.4. The van der Waals surface area contributed by atoms with Crippen molar-refractivity contribution < 1.29 is 9.32 Å². The second kappa shape index (κ2) is 6.22. The van der Waals surface area contributed by atoms with E-state index in [0.717, 1.165) is 0 Å². The van der Waals surface area contributed by atoms with Gasteiger partial charge in [-0.3, -0.25) is 4.79 Å². The fourth-order valence-electron chi connectivity index (χ4n) is 1.92. The number of Topliss-reactive ketones (excluding diaryl/α,β-unsaturated/α-hetero) is 1. The summed E-state index contributed by atoms with van der Waals surface area (Å²) in [5, 5.41) is 17.6. The van der Waals surface area contributed by atoms with Crippen molar-refractivity contribution in [3.8, 4) is 0 Å². The van der Waals surface area contributed by atoms with Gasteiger partial charge >= 0.3 is 0 Å². The van der Waals surface area contributed by atoms with Gasteiger partial charge in [-0.15, -0.1) is 5.10 Å². The molecular formula is C15H14N6O2. The SMILES string of the molecule is CC(=O)c1cccc(Nc2nncc(Nc3cc(C)on3)n2)c1. The van der Waals surface area contributed by atoms with E-state index in [1.807, 2.05) is 6.07 Å². The summed E-state index contributed by atoms with van der Waals surface area (Å²) in [7, 11) is 0. The number of nitrogens with one attached hydrogen (secondary N) is 2. The van der Waals surface area contributed by atoms with Crippen LogP contribution in [-0.2, 0) is 0 Å². The van der Waals surface area contributed by atoms with Crippen molar-refractivity contribution in [1.82, 2.24) is 20.3 Å². The minimum atomic E-state index is -0.00971. The first-order valence-electron chi connectivity index (χ1n) is 6.88. The van der Waals surface area contributed by atoms with Crippen molar-refractivity contribution in [1.29, 1.82) is 0 Å². The Balaban J connectivity index is 1.77. The van der Waals surface area contributed by atoms with E-state index in [9.17, 15) is 4.79 Å². The smallest absolute Gasteiger partial charge is 0.249 e. The topological polar surface area (TPSA) is 106 Å². The molecule has 0 fully saturated rings. The van der Waals surface area contributed by atoms with E-state index in [1.165, 1.54) is 13.1 Å². The number of hydrogen-bond acceptors (Lipinski definition) is 8. The Kier molecular flexibility index (Phi) is 3.96. The van der Waals surface area contributed by atoms with Crippen LogP contribution in [0.25, 0.3) is 0 Å². The highest BCUT2D eigenvalue weighted by Crippen LogP contribution is 2.17. The first-order valence-corrected chi connectivity index (χ1v) is 6.88. The molecule has 2 heterocycles. The summed E-state index contributed by atoms with van der Waals surface area (Å²) in [6, 6.07) is 8.82. The molecule has 0 aliphatic heterocycles. The third-order valence-electron chi connectivity index (χ3n) is 2.97. The summed E-state index contributed by atoms with van der Waals surface area (Å²) >= 11 is 0. The van der Waals surface area contributed by atoms with Gasteiger partial charge in [0.2, 0.25) is 5.95 Å². The molecule has 0 radical (unpaired) electrons. The number of nitrogens with zero attached hydrogens (tertiary/aromatic N) is 4. The van der Waals surface area contributed by atoms with Crippen LogP contribution in [0.5, 0.6) is 0 Å². The van der Waals surface area contributed by atoms with Crippen molar-refractivity contribution in [2.75, 3.05) is 10.6 Å². The summed E-state index contributed by atoms with van der Waals surface area (Å²) in [5.74, 6) is 1.99. The monoisotopic (exact) mass is 310 g/mol. The highest BCUT2D eigenvalue weighted by atomic mass is 16.5. The molecule has 0 unspecified atom stereocenters. The Morgan fingerprint density at radius 3 is 2.78 bits per heavy atom. The highest BCUT2D eigenvalue weighted by Gasteiger charge is 2.06. The van der Waals surface area contributed by atoms with Crippen LogP contribution in [0.4, 0.5) is 23.3 Å². The van der Waals surface area contributed by atoms with E-state index in [2.05, 4.69) is 31.0 Å². The molecule has 3 aromatic rings. The molecule has 0 aliphatic rings. The largest absolute Gasteiger partial charge is 0.360 e. The summed E-state index contributed by atoms with van der Waals surface area (Å²) in [4.78, 5) is 15.7. The van der Waals surface area contributed by atoms with Crippen LogP contribution in [0, 0.1) is 6.92 Å². The van der Waals surface area contributed by atoms with Crippen molar-refractivity contribution >= 4 is 29.1 Å². The van der Waals surface area contributed by atoms with E-state index in [0.29, 0.717) is 34.6 Å². The van der Waals surface area contributed by atoms with Crippen molar-refractivity contribution in [2.24, 2.45) is 0 Å². The zero-order valence-electron chi connectivity index (χ0n) is 12.6. The Bertz CT molecular complexity index is 845. The fourth-order valence-corrected chi connectivity index (χ4v) is 1.92. The summed E-state index contributed by atoms with van der Waals surface area (Å²) in [6.07, 6.45) is 1.47. The number of ketones is 1. The lowest BCUT2D eigenvalue weighted by molar-refractivity contribution is 0.101. The van der Waals surface area contributed by atoms with Gasteiger partial charge in [0.25, 0.3) is 0 Å². The molecule has 0 saturated heterocycles. The lowest BCUT2D eigenvalue weighted by Gasteiger charge is -2.06. The third-order valence-corrected chi connectivity index (χ3v) is 2.97. The Morgan fingerprint density at radius 2 is 2.04 bits per heavy atom. The fraction of sp³-hybridized carbons (Fsp3) is 0.133. The van der Waals surface area contributed by atoms with Gasteiger partial charge in [-0.2, -0.15) is 10.1 Å². The number of anilines is 4. The van der Waals surface area contributed by atoms with E-state index in [-0.39, 0.29) is 5.78 Å². The van der Waals surface area contributed by atoms with Crippen LogP contribution in [0.1, 0.15) is 23.0 Å². The number of rotatable bonds is 5. The molecule has 8 heteroatoms. The molecule has 0 aliphatic carbocycles. The van der Waals surface area contributed by atoms with E-state index < -0.39 is 0 Å². The molecule has 0 amide bonds. The zero-order chi connectivity index (χ0) is 16.2. The zero-order valence-corrected chi connectivity index (χ0v) is 12.6. The van der Waals surface area contributed by atoms with Gasteiger partial charge in [-0.25, -0.2) is 0 Å². The molecule has 2 aromatic heterocycles. The second-order valence-corrected chi connectivity index (χ2v) is 4.88. The minimum absolute atomic E-state index is 0.00971. The van der Waals surface area contributed by atoms with Gasteiger partial charge < -0.3 is 15.2 Å². The van der Waals surface area contributed by atoms with Gasteiger partial charge in [0, 0.05) is 17.3 Å². The average molecular weight is 310 g/mol. The Morgan fingerprint density at radius 1 is 1.17 bits per heavy atom. The molecule has 0 atom stereocenters. The molecule has 1 aromatic carbocycles. The molecule has 0 bridgehead atoms. The number of aromatic nitrogens is 4. The van der Waals surface area contributed by atoms with Crippen molar-refractivity contribution in [2.45, 2.75) is 13.8 Å². The van der Waals surface area contributed by atoms with E-state index >= 15 is 0 Å². The van der Waals surface area contributed by atoms with Crippen LogP contribution in [-0.4, -0.2) is 26.1 Å². The van der Waals surface area contributed by atoms with Gasteiger partial charge in [0.15, 0.2) is 17.4 Å². The van der Waals surface area contributed by atoms with Crippen molar-refractivity contribution in [3.63, 3.8) is 0 Å². The molecule has 2 N–H and O–H groups in total. The predicted molar refractivity (Wildman–Crippen MR) is 84.1 cm³/mol. The standard InChI is InChI=1S/C15H14N6O2/c1-9-6-13(21-23-9)18-14-8-16-20-15(19-14)17-12-5-3-4-11(7-12)10(2)22/h3-8H,1-2H3,(H2,17,18,19,20,21). The number of carbonyl (C=O) groups is 1. The molecule has 3 rings (SSSR count). The Labute approximate surface area is 131 Å². The maximum Gasteiger partial charge on any atom is 0.249 e. The number of carbonyl (C=O) groups excluding carboxylic acids is 1. The minimum Gasteiger partial charge on any atom is -0.360 e. The van der Waals surface area contributed by atoms with Gasteiger partial charge in [0.1, 0.15) is 5.76 Å². The number of benzene rings is 1. The normalized spacial score (nSPS) is 10.3. The Hall–Kier alpha value is -3.29. The maximum absolute atomic E-state index is 11.4. The first kappa shape index (κ1) is 14.6. The van der Waals surface area contributed by atoms with Crippen LogP contribution >= 0.6 is 0 Å². The number of aryl methyl sites for hydroxylation is 1. The molecular weight excluding hydrogens is 296 g/mol. The van der Waals surface area contributed by atoms with Crippen LogP contribution < -0.4 is 10.6 Å². The summed E-state index contributed by atoms with van der Waals surface area (Å²) in [6.45, 7) is 3.31. The second-order valence-electron chi connectivity index (χ2n) is 4.88. The molecule has 116 valence electrons. The van der Waals surface area contributed by atoms with E-state index in [1.54, 1.807) is 31.2 Å². The summed E-state index contributed by atoms with van der Waals surface area (Å²) < 4.78 is 4.97. The average Bonchev–Trinajstić information content (AvgIpc) is 2.93. The predicted octanol–water partition coefficient (Wildman–Crippen LogP) is 2.86. The first-order chi connectivity index (χ1) is 11.1. The van der Waals surface area contributed by atoms with Gasteiger partial charge in [-0.1, -0.05) is 17.3 Å². The molecule has 8 nitrogen and oxygen atoms in total. The summed E-state index contributed by atoms with van der Waals surface area (Å²) in [5.41, 5.74) is 1.31. The number of hydrogen-bond donors (Lipinski definition) is 2. The molecule has 23 heavy (non-hydrogen) atoms. The quantitative estimate of drug-likeness (QED) is 0.693. The third kappa shape index (κ3) is 3.67. The molecule has 0 spiro atoms. The van der Waals surface area contributed by atoms with Crippen molar-refractivity contribution in [3.05, 3.63) is 47.9 Å². The lowest BCUT2D eigenvalue weighted by atomic mass is 10.1. The lowest BCUT2D eigenvalue weighted by Crippen LogP contribution is -2.03. The van der Waals surface area contributed by atoms with E-state index in [4.69, 9.17) is 4.52 Å². The van der Waals surface area contributed by atoms with Crippen LogP contribution in [0.3, 0.4) is 0 Å². The van der Waals surface area contributed by atoms with Crippen LogP contribution in [0.2, 0.25) is 0 Å². The van der Waals surface area contributed by atoms with Crippen LogP contribution in [0.15, 0.2) is 41.1 Å². The van der Waals surface area contributed by atoms with Gasteiger partial charge in [-0.05, 0) is 26.0 Å². The van der Waals surface area contributed by atoms with Gasteiger partial charge in [0.05, 0.1) is 6.20 Å².